The monoisotopic (exact) mass is 336 g/mol. The molecule has 1 atom stereocenters. The minimum absolute atomic E-state index is 0.129. The number of rotatable bonds is 5. The molecule has 22 heavy (non-hydrogen) atoms. The lowest BCUT2D eigenvalue weighted by atomic mass is 10.2. The molecule has 116 valence electrons. The summed E-state index contributed by atoms with van der Waals surface area (Å²) in [5.74, 6) is 0.502. The summed E-state index contributed by atoms with van der Waals surface area (Å²) < 4.78 is 5.26. The third-order valence-corrected chi connectivity index (χ3v) is 4.53. The van der Waals surface area contributed by atoms with Crippen molar-refractivity contribution in [2.24, 2.45) is 0 Å². The fourth-order valence-corrected chi connectivity index (χ4v) is 2.89. The number of aromatic nitrogens is 1. The molecule has 1 aromatic carbocycles. The van der Waals surface area contributed by atoms with Crippen LogP contribution in [-0.4, -0.2) is 23.3 Å². The highest BCUT2D eigenvalue weighted by Gasteiger charge is 2.18. The van der Waals surface area contributed by atoms with Gasteiger partial charge in [-0.05, 0) is 43.7 Å². The maximum Gasteiger partial charge on any atom is 0.237 e. The third-order valence-electron chi connectivity index (χ3n) is 3.00. The van der Waals surface area contributed by atoms with Gasteiger partial charge in [-0.2, -0.15) is 0 Å². The molecular formula is C16H17ClN2O2S. The van der Waals surface area contributed by atoms with E-state index in [1.54, 1.807) is 25.4 Å². The number of carbonyl (C=O) groups is 1. The summed E-state index contributed by atoms with van der Waals surface area (Å²) in [5.41, 5.74) is 1.70. The third kappa shape index (κ3) is 4.15. The summed E-state index contributed by atoms with van der Waals surface area (Å²) in [6, 6.07) is 9.15. The van der Waals surface area contributed by atoms with Gasteiger partial charge in [-0.3, -0.25) is 4.79 Å². The zero-order valence-corrected chi connectivity index (χ0v) is 14.2. The van der Waals surface area contributed by atoms with Crippen molar-refractivity contribution in [3.63, 3.8) is 0 Å². The molecule has 2 rings (SSSR count). The molecule has 0 spiro atoms. The zero-order chi connectivity index (χ0) is 16.1. The number of halogens is 1. The van der Waals surface area contributed by atoms with Gasteiger partial charge in [0.15, 0.2) is 0 Å². The van der Waals surface area contributed by atoms with Crippen molar-refractivity contribution in [3.05, 3.63) is 47.1 Å². The molecule has 6 heteroatoms. The second kappa shape index (κ2) is 7.51. The highest BCUT2D eigenvalue weighted by atomic mass is 35.5. The standard InChI is InChI=1S/C16H17ClN2O2S/c1-10-6-7-14(21-3)13(9-10)19-15(20)11(2)22-16-12(17)5-4-8-18-16/h4-9,11H,1-3H3,(H,19,20)/t11-/m1/s1. The molecule has 0 radical (unpaired) electrons. The van der Waals surface area contributed by atoms with Crippen LogP contribution in [0.3, 0.4) is 0 Å². The molecule has 1 heterocycles. The van der Waals surface area contributed by atoms with Crippen molar-refractivity contribution >= 4 is 35.0 Å². The number of ether oxygens (including phenoxy) is 1. The van der Waals surface area contributed by atoms with Gasteiger partial charge in [-0.25, -0.2) is 4.98 Å². The van der Waals surface area contributed by atoms with Crippen LogP contribution in [0.5, 0.6) is 5.75 Å². The minimum Gasteiger partial charge on any atom is -0.495 e. The number of pyridine rings is 1. The number of carbonyl (C=O) groups excluding carboxylic acids is 1. The Morgan fingerprint density at radius 1 is 1.41 bits per heavy atom. The van der Waals surface area contributed by atoms with E-state index in [1.807, 2.05) is 32.0 Å². The summed E-state index contributed by atoms with van der Waals surface area (Å²) in [6.07, 6.45) is 1.66. The molecule has 1 amide bonds. The fourth-order valence-electron chi connectivity index (χ4n) is 1.83. The van der Waals surface area contributed by atoms with Crippen molar-refractivity contribution < 1.29 is 9.53 Å². The van der Waals surface area contributed by atoms with Crippen molar-refractivity contribution in [1.29, 1.82) is 0 Å². The number of aryl methyl sites for hydroxylation is 1. The Hall–Kier alpha value is -1.72. The van der Waals surface area contributed by atoms with Crippen molar-refractivity contribution in [2.75, 3.05) is 12.4 Å². The van der Waals surface area contributed by atoms with Crippen LogP contribution in [0.2, 0.25) is 5.02 Å². The topological polar surface area (TPSA) is 51.2 Å². The number of benzene rings is 1. The zero-order valence-electron chi connectivity index (χ0n) is 12.6. The van der Waals surface area contributed by atoms with Crippen LogP contribution in [-0.2, 0) is 4.79 Å². The summed E-state index contributed by atoms with van der Waals surface area (Å²) >= 11 is 7.39. The van der Waals surface area contributed by atoms with Gasteiger partial charge in [0.2, 0.25) is 5.91 Å². The number of nitrogens with one attached hydrogen (secondary N) is 1. The lowest BCUT2D eigenvalue weighted by molar-refractivity contribution is -0.115. The number of thioether (sulfide) groups is 1. The molecule has 0 aliphatic carbocycles. The molecule has 0 saturated carbocycles. The predicted octanol–water partition coefficient (Wildman–Crippen LogP) is 4.17. The number of amides is 1. The number of nitrogens with zero attached hydrogens (tertiary/aromatic N) is 1. The Kier molecular flexibility index (Phi) is 5.69. The van der Waals surface area contributed by atoms with E-state index in [9.17, 15) is 4.79 Å². The highest BCUT2D eigenvalue weighted by Crippen LogP contribution is 2.30. The van der Waals surface area contributed by atoms with E-state index in [-0.39, 0.29) is 11.2 Å². The Balaban J connectivity index is 2.09. The van der Waals surface area contributed by atoms with Crippen molar-refractivity contribution in [2.45, 2.75) is 24.1 Å². The average Bonchev–Trinajstić information content (AvgIpc) is 2.49. The number of hydrogen-bond donors (Lipinski definition) is 1. The van der Waals surface area contributed by atoms with Gasteiger partial charge in [0.1, 0.15) is 10.8 Å². The van der Waals surface area contributed by atoms with Gasteiger partial charge in [-0.1, -0.05) is 29.4 Å². The minimum atomic E-state index is -0.336. The molecule has 0 unspecified atom stereocenters. The van der Waals surface area contributed by atoms with Crippen LogP contribution in [0.4, 0.5) is 5.69 Å². The lowest BCUT2D eigenvalue weighted by Crippen LogP contribution is -2.22. The second-order valence-electron chi connectivity index (χ2n) is 4.74. The SMILES string of the molecule is COc1ccc(C)cc1NC(=O)[C@@H](C)Sc1ncccc1Cl. The van der Waals surface area contributed by atoms with Gasteiger partial charge in [0.05, 0.1) is 23.1 Å². The van der Waals surface area contributed by atoms with E-state index in [0.29, 0.717) is 21.5 Å². The van der Waals surface area contributed by atoms with E-state index in [2.05, 4.69) is 10.3 Å². The molecule has 1 aromatic heterocycles. The molecule has 0 aliphatic rings. The summed E-state index contributed by atoms with van der Waals surface area (Å²) in [5, 5.41) is 3.73. The van der Waals surface area contributed by atoms with E-state index in [0.717, 1.165) is 5.56 Å². The van der Waals surface area contributed by atoms with Crippen molar-refractivity contribution in [3.8, 4) is 5.75 Å². The van der Waals surface area contributed by atoms with E-state index < -0.39 is 0 Å². The number of anilines is 1. The largest absolute Gasteiger partial charge is 0.495 e. The molecule has 0 aliphatic heterocycles. The van der Waals surface area contributed by atoms with Crippen LogP contribution < -0.4 is 10.1 Å². The molecular weight excluding hydrogens is 320 g/mol. The van der Waals surface area contributed by atoms with Gasteiger partial charge >= 0.3 is 0 Å². The quantitative estimate of drug-likeness (QED) is 0.832. The lowest BCUT2D eigenvalue weighted by Gasteiger charge is -2.14. The molecule has 2 aromatic rings. The second-order valence-corrected chi connectivity index (χ2v) is 6.48. The fraction of sp³-hybridized carbons (Fsp3) is 0.250. The summed E-state index contributed by atoms with van der Waals surface area (Å²) in [6.45, 7) is 3.77. The van der Waals surface area contributed by atoms with Crippen LogP contribution in [0.15, 0.2) is 41.6 Å². The maximum atomic E-state index is 12.3. The van der Waals surface area contributed by atoms with E-state index in [1.165, 1.54) is 11.8 Å². The highest BCUT2D eigenvalue weighted by molar-refractivity contribution is 8.00. The summed E-state index contributed by atoms with van der Waals surface area (Å²) in [7, 11) is 1.58. The first-order valence-electron chi connectivity index (χ1n) is 6.74. The molecule has 4 nitrogen and oxygen atoms in total. The van der Waals surface area contributed by atoms with Gasteiger partial charge in [0, 0.05) is 6.20 Å². The smallest absolute Gasteiger partial charge is 0.237 e. The van der Waals surface area contributed by atoms with Crippen LogP contribution in [0.1, 0.15) is 12.5 Å². The van der Waals surface area contributed by atoms with Crippen LogP contribution in [0, 0.1) is 6.92 Å². The molecule has 0 bridgehead atoms. The molecule has 0 saturated heterocycles. The van der Waals surface area contributed by atoms with Crippen LogP contribution in [0.25, 0.3) is 0 Å². The predicted molar refractivity (Wildman–Crippen MR) is 90.9 cm³/mol. The van der Waals surface area contributed by atoms with Crippen LogP contribution >= 0.6 is 23.4 Å². The Bertz CT molecular complexity index is 679. The Morgan fingerprint density at radius 3 is 2.86 bits per heavy atom. The number of methoxy groups -OCH3 is 1. The first kappa shape index (κ1) is 16.6. The Morgan fingerprint density at radius 2 is 2.18 bits per heavy atom. The number of hydrogen-bond acceptors (Lipinski definition) is 4. The maximum absolute atomic E-state index is 12.3. The first-order chi connectivity index (χ1) is 10.5. The van der Waals surface area contributed by atoms with Gasteiger partial charge in [0.25, 0.3) is 0 Å². The van der Waals surface area contributed by atoms with E-state index >= 15 is 0 Å². The Labute approximate surface area is 139 Å². The average molecular weight is 337 g/mol. The summed E-state index contributed by atoms with van der Waals surface area (Å²) in [4.78, 5) is 16.5. The van der Waals surface area contributed by atoms with Crippen molar-refractivity contribution in [1.82, 2.24) is 4.98 Å². The molecule has 0 fully saturated rings. The van der Waals surface area contributed by atoms with Gasteiger partial charge in [-0.15, -0.1) is 0 Å². The van der Waals surface area contributed by atoms with E-state index in [4.69, 9.17) is 16.3 Å². The van der Waals surface area contributed by atoms with Gasteiger partial charge < -0.3 is 10.1 Å². The first-order valence-corrected chi connectivity index (χ1v) is 7.99. The molecule has 1 N–H and O–H groups in total. The normalized spacial score (nSPS) is 11.8.